The highest BCUT2D eigenvalue weighted by Crippen LogP contribution is 2.23. The monoisotopic (exact) mass is 378 g/mol. The van der Waals surface area contributed by atoms with E-state index in [-0.39, 0.29) is 18.1 Å². The molecule has 0 bridgehead atoms. The molecule has 11 nitrogen and oxygen atoms in total. The zero-order chi connectivity index (χ0) is 19.3. The topological polar surface area (TPSA) is 126 Å². The van der Waals surface area contributed by atoms with Gasteiger partial charge in [-0.3, -0.25) is 19.6 Å². The predicted octanol–water partition coefficient (Wildman–Crippen LogP) is 1.17. The normalized spacial score (nSPS) is 11.4. The molecular weight excluding hydrogens is 365 g/mol. The minimum absolute atomic E-state index is 0.208. The van der Waals surface area contributed by atoms with Gasteiger partial charge in [0.25, 0.3) is 0 Å². The lowest BCUT2D eigenvalue weighted by molar-refractivity contribution is -0.385. The molecule has 0 fully saturated rings. The lowest BCUT2D eigenvalue weighted by Crippen LogP contribution is -2.19. The molecule has 26 heavy (non-hydrogen) atoms. The fraction of sp³-hybridized carbons (Fsp3) is 0.417. The van der Waals surface area contributed by atoms with Crippen molar-refractivity contribution in [2.24, 2.45) is 0 Å². The van der Waals surface area contributed by atoms with E-state index in [1.54, 1.807) is 0 Å². The molecule has 2 heterocycles. The Hall–Kier alpha value is -3.16. The molecule has 142 valence electrons. The van der Waals surface area contributed by atoms with Gasteiger partial charge in [0.1, 0.15) is 26.1 Å². The Kier molecular flexibility index (Phi) is 5.76. The van der Waals surface area contributed by atoms with Crippen molar-refractivity contribution in [1.29, 1.82) is 0 Å². The summed E-state index contributed by atoms with van der Waals surface area (Å²) in [6.45, 7) is -2.22. The van der Waals surface area contributed by atoms with Crippen molar-refractivity contribution in [2.75, 3.05) is 19.0 Å². The first-order chi connectivity index (χ1) is 12.2. The van der Waals surface area contributed by atoms with Gasteiger partial charge in [-0.25, -0.2) is 4.68 Å². The minimum Gasteiger partial charge on any atom is -0.475 e. The second-order valence-corrected chi connectivity index (χ2v) is 4.89. The smallest absolute Gasteiger partial charge is 0.411 e. The van der Waals surface area contributed by atoms with Crippen LogP contribution in [0.25, 0.3) is 0 Å². The summed E-state index contributed by atoms with van der Waals surface area (Å²) in [5.74, 6) is -0.821. The molecule has 0 saturated carbocycles. The van der Waals surface area contributed by atoms with E-state index in [0.29, 0.717) is 0 Å². The van der Waals surface area contributed by atoms with Gasteiger partial charge >= 0.3 is 17.7 Å². The van der Waals surface area contributed by atoms with Gasteiger partial charge in [0.15, 0.2) is 0 Å². The molecule has 0 radical (unpaired) electrons. The molecular formula is C12H13F3N6O5. The third-order valence-electron chi connectivity index (χ3n) is 2.81. The third-order valence-corrected chi connectivity index (χ3v) is 2.81. The second kappa shape index (κ2) is 7.81. The summed E-state index contributed by atoms with van der Waals surface area (Å²) in [4.78, 5) is 22.0. The van der Waals surface area contributed by atoms with Crippen LogP contribution in [0, 0.1) is 10.1 Å². The molecule has 0 atom stereocenters. The third kappa shape index (κ3) is 5.44. The Labute approximate surface area is 143 Å². The number of aromatic nitrogens is 4. The van der Waals surface area contributed by atoms with Crippen molar-refractivity contribution in [2.45, 2.75) is 19.5 Å². The molecule has 1 N–H and O–H groups in total. The van der Waals surface area contributed by atoms with E-state index in [2.05, 4.69) is 20.3 Å². The van der Waals surface area contributed by atoms with Crippen LogP contribution in [-0.2, 0) is 22.8 Å². The summed E-state index contributed by atoms with van der Waals surface area (Å²) in [6, 6.07) is 0. The maximum atomic E-state index is 12.0. The van der Waals surface area contributed by atoms with E-state index in [9.17, 15) is 28.1 Å². The number of methoxy groups -OCH3 is 1. The van der Waals surface area contributed by atoms with E-state index in [1.165, 1.54) is 19.5 Å². The molecule has 1 amide bonds. The van der Waals surface area contributed by atoms with Crippen molar-refractivity contribution < 1.29 is 32.4 Å². The van der Waals surface area contributed by atoms with Gasteiger partial charge < -0.3 is 14.8 Å². The quantitative estimate of drug-likeness (QED) is 0.540. The first kappa shape index (κ1) is 19.2. The summed E-state index contributed by atoms with van der Waals surface area (Å²) in [6.07, 6.45) is -0.939. The number of hydrogen-bond donors (Lipinski definition) is 1. The highest BCUT2D eigenvalue weighted by Gasteiger charge is 2.27. The maximum absolute atomic E-state index is 12.0. The van der Waals surface area contributed by atoms with Crippen LogP contribution < -0.4 is 10.1 Å². The van der Waals surface area contributed by atoms with Crippen LogP contribution in [0.15, 0.2) is 18.6 Å². The maximum Gasteiger partial charge on any atom is 0.411 e. The van der Waals surface area contributed by atoms with Crippen LogP contribution in [0.4, 0.5) is 24.5 Å². The van der Waals surface area contributed by atoms with E-state index in [4.69, 9.17) is 4.74 Å². The van der Waals surface area contributed by atoms with Crippen molar-refractivity contribution in [1.82, 2.24) is 19.6 Å². The fourth-order valence-corrected chi connectivity index (χ4v) is 1.85. The molecule has 0 aliphatic carbocycles. The van der Waals surface area contributed by atoms with Gasteiger partial charge in [0.2, 0.25) is 5.91 Å². The number of alkyl halides is 3. The summed E-state index contributed by atoms with van der Waals surface area (Å²) < 4.78 is 47.2. The van der Waals surface area contributed by atoms with Crippen molar-refractivity contribution in [3.8, 4) is 5.88 Å². The van der Waals surface area contributed by atoms with Gasteiger partial charge in [-0.15, -0.1) is 5.10 Å². The van der Waals surface area contributed by atoms with Crippen molar-refractivity contribution in [3.05, 3.63) is 28.7 Å². The Morgan fingerprint density at radius 1 is 1.38 bits per heavy atom. The van der Waals surface area contributed by atoms with Crippen LogP contribution in [0.2, 0.25) is 0 Å². The van der Waals surface area contributed by atoms with Gasteiger partial charge in [-0.1, -0.05) is 0 Å². The average Bonchev–Trinajstić information content (AvgIpc) is 3.12. The molecule has 0 aliphatic rings. The highest BCUT2D eigenvalue weighted by atomic mass is 19.4. The van der Waals surface area contributed by atoms with Crippen LogP contribution >= 0.6 is 0 Å². The number of nitrogens with zero attached hydrogens (tertiary/aromatic N) is 5. The van der Waals surface area contributed by atoms with E-state index in [0.717, 1.165) is 15.6 Å². The van der Waals surface area contributed by atoms with E-state index in [1.807, 2.05) is 0 Å². The highest BCUT2D eigenvalue weighted by molar-refractivity contribution is 5.90. The van der Waals surface area contributed by atoms with E-state index >= 15 is 0 Å². The van der Waals surface area contributed by atoms with Crippen LogP contribution in [0.1, 0.15) is 0 Å². The molecule has 2 rings (SSSR count). The second-order valence-electron chi connectivity index (χ2n) is 4.89. The average molecular weight is 378 g/mol. The SMILES string of the molecule is COc1nn(CC(=O)Nc2cnn(COCC(F)(F)F)c2)cc1[N+](=O)[O-]. The standard InChI is InChI=1S/C12H13F3N6O5/c1-25-11-9(21(23)24)4-19(18-11)5-10(22)17-8-2-16-20(3-8)7-26-6-12(13,14)15/h2-4H,5-7H2,1H3,(H,17,22). The number of halogens is 3. The Balaban J connectivity index is 1.89. The molecule has 0 spiro atoms. The summed E-state index contributed by atoms with van der Waals surface area (Å²) in [5.41, 5.74) is -0.186. The number of nitro groups is 1. The Morgan fingerprint density at radius 2 is 2.12 bits per heavy atom. The number of amides is 1. The summed E-state index contributed by atoms with van der Waals surface area (Å²) in [7, 11) is 1.20. The molecule has 2 aromatic rings. The van der Waals surface area contributed by atoms with Gasteiger partial charge in [-0.2, -0.15) is 18.3 Å². The number of hydrogen-bond acceptors (Lipinski definition) is 7. The zero-order valence-electron chi connectivity index (χ0n) is 13.3. The minimum atomic E-state index is -4.45. The largest absolute Gasteiger partial charge is 0.475 e. The van der Waals surface area contributed by atoms with Crippen LogP contribution in [-0.4, -0.2) is 50.3 Å². The number of ether oxygens (including phenoxy) is 2. The van der Waals surface area contributed by atoms with Crippen molar-refractivity contribution in [3.63, 3.8) is 0 Å². The number of nitrogens with one attached hydrogen (secondary N) is 1. The lowest BCUT2D eigenvalue weighted by atomic mass is 10.5. The summed E-state index contributed by atoms with van der Waals surface area (Å²) in [5, 5.41) is 20.7. The molecule has 0 aliphatic heterocycles. The van der Waals surface area contributed by atoms with E-state index < -0.39 is 36.0 Å². The molecule has 0 saturated heterocycles. The predicted molar refractivity (Wildman–Crippen MR) is 78.3 cm³/mol. The van der Waals surface area contributed by atoms with Crippen LogP contribution in [0.5, 0.6) is 5.88 Å². The van der Waals surface area contributed by atoms with Crippen LogP contribution in [0.3, 0.4) is 0 Å². The molecule has 0 aromatic carbocycles. The fourth-order valence-electron chi connectivity index (χ4n) is 1.85. The van der Waals surface area contributed by atoms with Gasteiger partial charge in [0.05, 0.1) is 30.1 Å². The molecule has 0 unspecified atom stereocenters. The first-order valence-electron chi connectivity index (χ1n) is 6.90. The lowest BCUT2D eigenvalue weighted by Gasteiger charge is -2.07. The number of anilines is 1. The summed E-state index contributed by atoms with van der Waals surface area (Å²) >= 11 is 0. The molecule has 2 aromatic heterocycles. The number of carbonyl (C=O) groups is 1. The Morgan fingerprint density at radius 3 is 2.69 bits per heavy atom. The van der Waals surface area contributed by atoms with Gasteiger partial charge in [0, 0.05) is 0 Å². The van der Waals surface area contributed by atoms with Gasteiger partial charge in [-0.05, 0) is 0 Å². The van der Waals surface area contributed by atoms with Crippen molar-refractivity contribution >= 4 is 17.3 Å². The number of carbonyl (C=O) groups excluding carboxylic acids is 1. The zero-order valence-corrected chi connectivity index (χ0v) is 13.3. The first-order valence-corrected chi connectivity index (χ1v) is 6.90. The molecule has 14 heteroatoms. The number of rotatable bonds is 8. The Bertz CT molecular complexity index is 787.